The number of ether oxygens (including phenoxy) is 1. The van der Waals surface area contributed by atoms with Gasteiger partial charge in [-0.15, -0.1) is 0 Å². The minimum absolute atomic E-state index is 0.0820. The first-order chi connectivity index (χ1) is 6.89. The molecule has 0 bridgehead atoms. The molecule has 0 aromatic carbocycles. The van der Waals surface area contributed by atoms with Crippen LogP contribution in [-0.4, -0.2) is 24.2 Å². The molecule has 0 saturated carbocycles. The topological polar surface area (TPSA) is 38.3 Å². The van der Waals surface area contributed by atoms with E-state index in [1.807, 2.05) is 13.8 Å². The van der Waals surface area contributed by atoms with Crippen LogP contribution in [0.1, 0.15) is 26.7 Å². The predicted octanol–water partition coefficient (Wildman–Crippen LogP) is 2.69. The number of carbonyl (C=O) groups is 1. The van der Waals surface area contributed by atoms with Crippen LogP contribution in [-0.2, 0) is 9.53 Å². The Bertz CT molecular complexity index is 273. The van der Waals surface area contributed by atoms with Gasteiger partial charge in [-0.05, 0) is 58.5 Å². The van der Waals surface area contributed by atoms with E-state index in [0.29, 0.717) is 10.00 Å². The van der Waals surface area contributed by atoms with Crippen molar-refractivity contribution in [3.63, 3.8) is 0 Å². The molecule has 1 saturated heterocycles. The summed E-state index contributed by atoms with van der Waals surface area (Å²) in [5, 5.41) is 2.95. The first-order valence-corrected chi connectivity index (χ1v) is 6.45. The molecule has 0 radical (unpaired) electrons. The van der Waals surface area contributed by atoms with Crippen molar-refractivity contribution in [1.82, 2.24) is 5.32 Å². The van der Waals surface area contributed by atoms with Gasteiger partial charge in [-0.1, -0.05) is 0 Å². The Morgan fingerprint density at radius 3 is 2.73 bits per heavy atom. The van der Waals surface area contributed by atoms with Gasteiger partial charge in [-0.25, -0.2) is 0 Å². The second kappa shape index (κ2) is 5.46. The summed E-state index contributed by atoms with van der Waals surface area (Å²) < 4.78 is 6.22. The quantitative estimate of drug-likeness (QED) is 0.785. The van der Waals surface area contributed by atoms with Crippen molar-refractivity contribution in [2.75, 3.05) is 6.61 Å². The number of hydrogen-bond donors (Lipinski definition) is 1. The highest BCUT2D eigenvalue weighted by molar-refractivity contribution is 9.28. The Hall–Kier alpha value is 0.130. The molecule has 3 nitrogen and oxygen atoms in total. The Morgan fingerprint density at radius 2 is 2.20 bits per heavy atom. The maximum atomic E-state index is 11.4. The number of halogens is 2. The third kappa shape index (κ3) is 5.13. The average molecular weight is 341 g/mol. The first-order valence-electron chi connectivity index (χ1n) is 4.86. The van der Waals surface area contributed by atoms with Crippen molar-refractivity contribution in [2.45, 2.75) is 38.3 Å². The van der Waals surface area contributed by atoms with E-state index in [2.05, 4.69) is 37.2 Å². The summed E-state index contributed by atoms with van der Waals surface area (Å²) in [7, 11) is 0. The Labute approximate surface area is 107 Å². The molecular weight excluding hydrogens is 326 g/mol. The molecule has 0 aliphatic carbocycles. The van der Waals surface area contributed by atoms with Crippen LogP contribution in [0.25, 0.3) is 0 Å². The van der Waals surface area contributed by atoms with E-state index in [1.165, 1.54) is 6.08 Å². The van der Waals surface area contributed by atoms with Gasteiger partial charge in [0, 0.05) is 18.7 Å². The van der Waals surface area contributed by atoms with E-state index in [4.69, 9.17) is 4.74 Å². The second-order valence-electron chi connectivity index (χ2n) is 4.24. The van der Waals surface area contributed by atoms with Crippen molar-refractivity contribution in [2.24, 2.45) is 0 Å². The molecule has 1 amide bonds. The zero-order chi connectivity index (χ0) is 11.5. The van der Waals surface area contributed by atoms with Gasteiger partial charge in [-0.3, -0.25) is 4.79 Å². The minimum Gasteiger partial charge on any atom is -0.375 e. The zero-order valence-electron chi connectivity index (χ0n) is 8.85. The van der Waals surface area contributed by atoms with Gasteiger partial charge in [0.25, 0.3) is 0 Å². The normalized spacial score (nSPS) is 24.4. The summed E-state index contributed by atoms with van der Waals surface area (Å²) in [6.07, 6.45) is 3.21. The maximum Gasteiger partial charge on any atom is 0.245 e. The highest BCUT2D eigenvalue weighted by atomic mass is 79.9. The van der Waals surface area contributed by atoms with E-state index in [0.717, 1.165) is 12.8 Å². The summed E-state index contributed by atoms with van der Waals surface area (Å²) in [6, 6.07) is 0.205. The van der Waals surface area contributed by atoms with Crippen LogP contribution >= 0.6 is 31.9 Å². The number of amides is 1. The predicted molar refractivity (Wildman–Crippen MR) is 67.1 cm³/mol. The molecule has 1 N–H and O–H groups in total. The number of nitrogens with one attached hydrogen (secondary N) is 1. The monoisotopic (exact) mass is 339 g/mol. The fourth-order valence-corrected chi connectivity index (χ4v) is 2.11. The van der Waals surface area contributed by atoms with Crippen molar-refractivity contribution < 1.29 is 9.53 Å². The lowest BCUT2D eigenvalue weighted by Gasteiger charge is -2.35. The SMILES string of the molecule is CC1(C)C[C@@H](NC(=O)C=C(Br)Br)CCO1. The van der Waals surface area contributed by atoms with Gasteiger partial charge in [-0.2, -0.15) is 0 Å². The van der Waals surface area contributed by atoms with Crippen LogP contribution in [0, 0.1) is 0 Å². The zero-order valence-corrected chi connectivity index (χ0v) is 12.0. The lowest BCUT2D eigenvalue weighted by atomic mass is 9.94. The number of hydrogen-bond acceptors (Lipinski definition) is 2. The standard InChI is InChI=1S/C10H15Br2NO2/c1-10(2)6-7(3-4-15-10)13-9(14)5-8(11)12/h5,7H,3-4,6H2,1-2H3,(H,13,14)/t7-/m0/s1. The van der Waals surface area contributed by atoms with E-state index in [1.54, 1.807) is 0 Å². The summed E-state index contributed by atoms with van der Waals surface area (Å²) in [4.78, 5) is 11.4. The third-order valence-electron chi connectivity index (χ3n) is 2.28. The van der Waals surface area contributed by atoms with E-state index < -0.39 is 0 Å². The van der Waals surface area contributed by atoms with Crippen molar-refractivity contribution in [3.8, 4) is 0 Å². The van der Waals surface area contributed by atoms with Crippen LogP contribution in [0.15, 0.2) is 9.47 Å². The third-order valence-corrected chi connectivity index (χ3v) is 2.74. The van der Waals surface area contributed by atoms with Gasteiger partial charge in [0.15, 0.2) is 0 Å². The van der Waals surface area contributed by atoms with Crippen LogP contribution < -0.4 is 5.32 Å². The van der Waals surface area contributed by atoms with Crippen LogP contribution in [0.5, 0.6) is 0 Å². The molecule has 0 spiro atoms. The summed E-state index contributed by atoms with van der Waals surface area (Å²) in [5.41, 5.74) is -0.133. The molecule has 15 heavy (non-hydrogen) atoms. The highest BCUT2D eigenvalue weighted by Crippen LogP contribution is 2.24. The molecule has 0 aromatic heterocycles. The molecule has 0 aromatic rings. The first kappa shape index (κ1) is 13.2. The molecular formula is C10H15Br2NO2. The smallest absolute Gasteiger partial charge is 0.245 e. The summed E-state index contributed by atoms with van der Waals surface area (Å²) in [6.45, 7) is 4.79. The molecule has 1 atom stereocenters. The Balaban J connectivity index is 2.45. The minimum atomic E-state index is -0.133. The fraction of sp³-hybridized carbons (Fsp3) is 0.700. The molecule has 86 valence electrons. The van der Waals surface area contributed by atoms with Crippen molar-refractivity contribution in [1.29, 1.82) is 0 Å². The van der Waals surface area contributed by atoms with E-state index >= 15 is 0 Å². The molecule has 1 fully saturated rings. The Morgan fingerprint density at radius 1 is 1.53 bits per heavy atom. The fourth-order valence-electron chi connectivity index (χ4n) is 1.70. The van der Waals surface area contributed by atoms with Crippen LogP contribution in [0.4, 0.5) is 0 Å². The Kier molecular flexibility index (Phi) is 4.80. The van der Waals surface area contributed by atoms with Gasteiger partial charge in [0.05, 0.1) is 8.99 Å². The van der Waals surface area contributed by atoms with Gasteiger partial charge in [0.2, 0.25) is 5.91 Å². The second-order valence-corrected chi connectivity index (χ2v) is 7.01. The summed E-state index contributed by atoms with van der Waals surface area (Å²) >= 11 is 6.31. The summed E-state index contributed by atoms with van der Waals surface area (Å²) in [5.74, 6) is -0.0820. The van der Waals surface area contributed by atoms with Crippen LogP contribution in [0.3, 0.4) is 0 Å². The van der Waals surface area contributed by atoms with Gasteiger partial charge >= 0.3 is 0 Å². The van der Waals surface area contributed by atoms with E-state index in [-0.39, 0.29) is 17.6 Å². The number of carbonyl (C=O) groups excluding carboxylic acids is 1. The van der Waals surface area contributed by atoms with Crippen LogP contribution in [0.2, 0.25) is 0 Å². The molecule has 1 rings (SSSR count). The maximum absolute atomic E-state index is 11.4. The molecule has 1 heterocycles. The lowest BCUT2D eigenvalue weighted by molar-refractivity contribution is -0.119. The lowest BCUT2D eigenvalue weighted by Crippen LogP contribution is -2.45. The van der Waals surface area contributed by atoms with Crippen molar-refractivity contribution in [3.05, 3.63) is 9.47 Å². The highest BCUT2D eigenvalue weighted by Gasteiger charge is 2.29. The number of rotatable bonds is 2. The van der Waals surface area contributed by atoms with Crippen molar-refractivity contribution >= 4 is 37.8 Å². The van der Waals surface area contributed by atoms with Gasteiger partial charge in [0.1, 0.15) is 0 Å². The average Bonchev–Trinajstić information content (AvgIpc) is 1.99. The largest absolute Gasteiger partial charge is 0.375 e. The van der Waals surface area contributed by atoms with Gasteiger partial charge < -0.3 is 10.1 Å². The molecule has 0 unspecified atom stereocenters. The molecule has 5 heteroatoms. The van der Waals surface area contributed by atoms with E-state index in [9.17, 15) is 4.79 Å². The molecule has 1 aliphatic heterocycles. The molecule has 1 aliphatic rings.